The quantitative estimate of drug-likeness (QED) is 0.602. The maximum atomic E-state index is 12.5. The summed E-state index contributed by atoms with van der Waals surface area (Å²) in [5.41, 5.74) is 2.23. The monoisotopic (exact) mass is 353 g/mol. The molecule has 4 nitrogen and oxygen atoms in total. The van der Waals surface area contributed by atoms with Crippen LogP contribution < -0.4 is 4.57 Å². The lowest BCUT2D eigenvalue weighted by molar-refractivity contribution is -0.686. The second kappa shape index (κ2) is 8.43. The standard InChI is InChI=1S/C22H29N2O2/c1-16(2)20-5-4-17(3)14-21(20)26-22(25)15-24-12-8-19(9-13-24)18-6-10-23-11-7-18/h6-13,16-17,20-21H,4-5,14-15H2,1-3H3/q+1. The summed E-state index contributed by atoms with van der Waals surface area (Å²) in [5.74, 6) is 1.52. The molecule has 3 atom stereocenters. The Labute approximate surface area is 156 Å². The zero-order chi connectivity index (χ0) is 18.5. The van der Waals surface area contributed by atoms with Gasteiger partial charge in [0.2, 0.25) is 6.54 Å². The molecule has 2 aromatic rings. The van der Waals surface area contributed by atoms with Gasteiger partial charge in [-0.05, 0) is 53.9 Å². The van der Waals surface area contributed by atoms with E-state index in [1.54, 1.807) is 12.4 Å². The molecule has 3 unspecified atom stereocenters. The average molecular weight is 353 g/mol. The van der Waals surface area contributed by atoms with Gasteiger partial charge in [0.1, 0.15) is 6.10 Å². The van der Waals surface area contributed by atoms with E-state index < -0.39 is 0 Å². The molecular weight excluding hydrogens is 324 g/mol. The average Bonchev–Trinajstić information content (AvgIpc) is 2.63. The highest BCUT2D eigenvalue weighted by Gasteiger charge is 2.33. The molecule has 2 heterocycles. The molecule has 1 fully saturated rings. The van der Waals surface area contributed by atoms with Gasteiger partial charge in [0.25, 0.3) is 0 Å². The molecule has 0 aliphatic heterocycles. The van der Waals surface area contributed by atoms with Crippen LogP contribution in [0.2, 0.25) is 0 Å². The van der Waals surface area contributed by atoms with Gasteiger partial charge in [-0.15, -0.1) is 0 Å². The van der Waals surface area contributed by atoms with E-state index in [2.05, 4.69) is 25.8 Å². The summed E-state index contributed by atoms with van der Waals surface area (Å²) in [5, 5.41) is 0. The Kier molecular flexibility index (Phi) is 6.02. The van der Waals surface area contributed by atoms with Crippen molar-refractivity contribution in [3.05, 3.63) is 49.1 Å². The third-order valence-electron chi connectivity index (χ3n) is 5.46. The van der Waals surface area contributed by atoms with E-state index in [0.29, 0.717) is 17.8 Å². The van der Waals surface area contributed by atoms with Gasteiger partial charge < -0.3 is 4.74 Å². The summed E-state index contributed by atoms with van der Waals surface area (Å²) in [7, 11) is 0. The van der Waals surface area contributed by atoms with Crippen molar-refractivity contribution in [1.29, 1.82) is 0 Å². The third kappa shape index (κ3) is 4.69. The molecule has 0 N–H and O–H groups in total. The first-order valence-corrected chi connectivity index (χ1v) is 9.62. The summed E-state index contributed by atoms with van der Waals surface area (Å²) in [6, 6.07) is 7.99. The maximum Gasteiger partial charge on any atom is 0.372 e. The van der Waals surface area contributed by atoms with Gasteiger partial charge in [-0.25, -0.2) is 4.79 Å². The fourth-order valence-electron chi connectivity index (χ4n) is 3.90. The lowest BCUT2D eigenvalue weighted by Gasteiger charge is -2.36. The van der Waals surface area contributed by atoms with Gasteiger partial charge in [-0.2, -0.15) is 4.57 Å². The number of carbonyl (C=O) groups excluding carboxylic acids is 1. The fraction of sp³-hybridized carbons (Fsp3) is 0.500. The largest absolute Gasteiger partial charge is 0.457 e. The minimum absolute atomic E-state index is 0.0583. The van der Waals surface area contributed by atoms with Crippen LogP contribution >= 0.6 is 0 Å². The lowest BCUT2D eigenvalue weighted by Crippen LogP contribution is -2.42. The van der Waals surface area contributed by atoms with Crippen LogP contribution in [-0.4, -0.2) is 17.1 Å². The van der Waals surface area contributed by atoms with Crippen molar-refractivity contribution < 1.29 is 14.1 Å². The molecule has 1 aliphatic rings. The first-order valence-electron chi connectivity index (χ1n) is 9.62. The molecule has 1 saturated carbocycles. The smallest absolute Gasteiger partial charge is 0.372 e. The van der Waals surface area contributed by atoms with E-state index >= 15 is 0 Å². The number of aromatic nitrogens is 2. The van der Waals surface area contributed by atoms with E-state index in [1.807, 2.05) is 41.2 Å². The third-order valence-corrected chi connectivity index (χ3v) is 5.46. The normalized spacial score (nSPS) is 23.0. The van der Waals surface area contributed by atoms with Crippen molar-refractivity contribution in [3.8, 4) is 11.1 Å². The van der Waals surface area contributed by atoms with Crippen LogP contribution in [0.4, 0.5) is 0 Å². The zero-order valence-corrected chi connectivity index (χ0v) is 16.0. The number of carbonyl (C=O) groups is 1. The van der Waals surface area contributed by atoms with Crippen LogP contribution in [0.25, 0.3) is 11.1 Å². The Balaban J connectivity index is 1.60. The van der Waals surface area contributed by atoms with Crippen molar-refractivity contribution in [2.75, 3.05) is 0 Å². The van der Waals surface area contributed by atoms with E-state index in [-0.39, 0.29) is 18.6 Å². The molecule has 3 rings (SSSR count). The number of ether oxygens (including phenoxy) is 1. The van der Waals surface area contributed by atoms with Gasteiger partial charge in [0.15, 0.2) is 12.4 Å². The zero-order valence-electron chi connectivity index (χ0n) is 16.0. The fourth-order valence-corrected chi connectivity index (χ4v) is 3.90. The highest BCUT2D eigenvalue weighted by Crippen LogP contribution is 2.35. The highest BCUT2D eigenvalue weighted by atomic mass is 16.5. The highest BCUT2D eigenvalue weighted by molar-refractivity contribution is 5.68. The molecular formula is C22H29N2O2+. The molecule has 0 radical (unpaired) electrons. The Morgan fingerprint density at radius 3 is 2.46 bits per heavy atom. The van der Waals surface area contributed by atoms with Crippen molar-refractivity contribution >= 4 is 5.97 Å². The molecule has 0 saturated heterocycles. The summed E-state index contributed by atoms with van der Waals surface area (Å²) >= 11 is 0. The molecule has 26 heavy (non-hydrogen) atoms. The van der Waals surface area contributed by atoms with Crippen LogP contribution in [0.15, 0.2) is 49.1 Å². The SMILES string of the molecule is CC1CCC(C(C)C)C(OC(=O)C[n+]2ccc(-c3ccncc3)cc2)C1. The molecule has 0 spiro atoms. The molecule has 138 valence electrons. The van der Waals surface area contributed by atoms with Crippen LogP contribution in [0, 0.1) is 17.8 Å². The Morgan fingerprint density at radius 2 is 1.81 bits per heavy atom. The summed E-state index contributed by atoms with van der Waals surface area (Å²) in [6.07, 6.45) is 10.9. The molecule has 1 aliphatic carbocycles. The minimum atomic E-state index is -0.142. The van der Waals surface area contributed by atoms with Crippen molar-refractivity contribution in [2.45, 2.75) is 52.7 Å². The molecule has 0 amide bonds. The summed E-state index contributed by atoms with van der Waals surface area (Å²) in [6.45, 7) is 6.97. The van der Waals surface area contributed by atoms with Gasteiger partial charge in [-0.1, -0.05) is 27.2 Å². The number of pyridine rings is 2. The van der Waals surface area contributed by atoms with Crippen LogP contribution in [-0.2, 0) is 16.1 Å². The van der Waals surface area contributed by atoms with Crippen LogP contribution in [0.5, 0.6) is 0 Å². The van der Waals surface area contributed by atoms with Crippen molar-refractivity contribution in [1.82, 2.24) is 4.98 Å². The van der Waals surface area contributed by atoms with Crippen LogP contribution in [0.1, 0.15) is 40.0 Å². The Morgan fingerprint density at radius 1 is 1.15 bits per heavy atom. The molecule has 4 heteroatoms. The second-order valence-corrected chi connectivity index (χ2v) is 7.85. The topological polar surface area (TPSA) is 43.1 Å². The maximum absolute atomic E-state index is 12.5. The number of nitrogens with zero attached hydrogens (tertiary/aromatic N) is 2. The Hall–Kier alpha value is -2.23. The van der Waals surface area contributed by atoms with Crippen molar-refractivity contribution in [2.24, 2.45) is 17.8 Å². The second-order valence-electron chi connectivity index (χ2n) is 7.85. The van der Waals surface area contributed by atoms with E-state index in [4.69, 9.17) is 4.74 Å². The number of hydrogen-bond acceptors (Lipinski definition) is 3. The molecule has 0 bridgehead atoms. The lowest BCUT2D eigenvalue weighted by atomic mass is 9.75. The van der Waals surface area contributed by atoms with Crippen LogP contribution in [0.3, 0.4) is 0 Å². The predicted molar refractivity (Wildman–Crippen MR) is 101 cm³/mol. The van der Waals surface area contributed by atoms with Gasteiger partial charge in [0.05, 0.1) is 0 Å². The van der Waals surface area contributed by atoms with E-state index in [9.17, 15) is 4.79 Å². The summed E-state index contributed by atoms with van der Waals surface area (Å²) in [4.78, 5) is 16.5. The van der Waals surface area contributed by atoms with Gasteiger partial charge >= 0.3 is 5.97 Å². The first-order chi connectivity index (χ1) is 12.5. The van der Waals surface area contributed by atoms with E-state index in [0.717, 1.165) is 24.0 Å². The molecule has 2 aromatic heterocycles. The minimum Gasteiger partial charge on any atom is -0.457 e. The molecule has 0 aromatic carbocycles. The van der Waals surface area contributed by atoms with Gasteiger partial charge in [0, 0.05) is 24.5 Å². The number of rotatable bonds is 5. The van der Waals surface area contributed by atoms with Gasteiger partial charge in [-0.3, -0.25) is 4.98 Å². The predicted octanol–water partition coefficient (Wildman–Crippen LogP) is 4.04. The van der Waals surface area contributed by atoms with Crippen molar-refractivity contribution in [3.63, 3.8) is 0 Å². The first kappa shape index (κ1) is 18.6. The number of esters is 1. The summed E-state index contributed by atoms with van der Waals surface area (Å²) < 4.78 is 7.77. The number of hydrogen-bond donors (Lipinski definition) is 0. The Bertz CT molecular complexity index is 713. The van der Waals surface area contributed by atoms with E-state index in [1.165, 1.54) is 6.42 Å².